The zero-order valence-electron chi connectivity index (χ0n) is 14.6. The first-order valence-electron chi connectivity index (χ1n) is 8.36. The van der Waals surface area contributed by atoms with E-state index in [2.05, 4.69) is 5.32 Å². The highest BCUT2D eigenvalue weighted by Crippen LogP contribution is 2.32. The average Bonchev–Trinajstić information content (AvgIpc) is 2.99. The van der Waals surface area contributed by atoms with E-state index in [1.54, 1.807) is 24.3 Å². The fraction of sp³-hybridized carbons (Fsp3) is 0.278. The molecule has 0 atom stereocenters. The molecular formula is C18H17F3N2O3S2. The van der Waals surface area contributed by atoms with Gasteiger partial charge in [0, 0.05) is 17.0 Å². The number of carbonyl (C=O) groups is 1. The molecule has 0 bridgehead atoms. The van der Waals surface area contributed by atoms with Gasteiger partial charge in [-0.25, -0.2) is 8.42 Å². The molecule has 0 spiro atoms. The van der Waals surface area contributed by atoms with Crippen LogP contribution in [0, 0.1) is 0 Å². The SMILES string of the molecule is O=C(Nc1ccccc1SCC(F)(F)F)c1cccc(N2CCCS2(=O)=O)c1. The maximum absolute atomic E-state index is 12.6. The van der Waals surface area contributed by atoms with E-state index in [0.29, 0.717) is 35.3 Å². The van der Waals surface area contributed by atoms with E-state index in [9.17, 15) is 26.4 Å². The number of carbonyl (C=O) groups excluding carboxylic acids is 1. The number of hydrogen-bond acceptors (Lipinski definition) is 4. The van der Waals surface area contributed by atoms with Crippen LogP contribution < -0.4 is 9.62 Å². The van der Waals surface area contributed by atoms with Gasteiger partial charge >= 0.3 is 6.18 Å². The Hall–Kier alpha value is -2.20. The Morgan fingerprint density at radius 2 is 1.89 bits per heavy atom. The molecule has 0 unspecified atom stereocenters. The third-order valence-electron chi connectivity index (χ3n) is 4.02. The molecule has 1 aliphatic heterocycles. The molecule has 0 aliphatic carbocycles. The van der Waals surface area contributed by atoms with E-state index in [-0.39, 0.29) is 17.0 Å². The fourth-order valence-electron chi connectivity index (χ4n) is 2.78. The van der Waals surface area contributed by atoms with Crippen LogP contribution in [0.25, 0.3) is 0 Å². The van der Waals surface area contributed by atoms with E-state index in [0.717, 1.165) is 0 Å². The van der Waals surface area contributed by atoms with Gasteiger partial charge in [0.05, 0.1) is 22.9 Å². The van der Waals surface area contributed by atoms with Crippen molar-refractivity contribution in [3.05, 3.63) is 54.1 Å². The highest BCUT2D eigenvalue weighted by Gasteiger charge is 2.29. The molecule has 150 valence electrons. The van der Waals surface area contributed by atoms with Crippen LogP contribution in [0.2, 0.25) is 0 Å². The number of benzene rings is 2. The average molecular weight is 430 g/mol. The molecule has 10 heteroatoms. The van der Waals surface area contributed by atoms with Crippen molar-refractivity contribution in [2.75, 3.05) is 27.7 Å². The number of alkyl halides is 3. The first kappa shape index (κ1) is 20.5. The summed E-state index contributed by atoms with van der Waals surface area (Å²) in [6.07, 6.45) is -3.81. The molecule has 28 heavy (non-hydrogen) atoms. The summed E-state index contributed by atoms with van der Waals surface area (Å²) in [5.41, 5.74) is 0.876. The molecule has 3 rings (SSSR count). The minimum Gasteiger partial charge on any atom is -0.321 e. The summed E-state index contributed by atoms with van der Waals surface area (Å²) in [4.78, 5) is 12.9. The van der Waals surface area contributed by atoms with Crippen LogP contribution in [0.4, 0.5) is 24.5 Å². The predicted molar refractivity (Wildman–Crippen MR) is 103 cm³/mol. The second-order valence-corrected chi connectivity index (χ2v) is 9.18. The quantitative estimate of drug-likeness (QED) is 0.725. The number of anilines is 2. The molecule has 1 amide bonds. The van der Waals surface area contributed by atoms with Crippen LogP contribution in [-0.2, 0) is 10.0 Å². The normalized spacial score (nSPS) is 16.2. The van der Waals surface area contributed by atoms with Crippen LogP contribution in [0.15, 0.2) is 53.4 Å². The van der Waals surface area contributed by atoms with Crippen molar-refractivity contribution in [2.45, 2.75) is 17.5 Å². The Labute approximate surface area is 165 Å². The number of thioether (sulfide) groups is 1. The van der Waals surface area contributed by atoms with Crippen molar-refractivity contribution in [1.82, 2.24) is 0 Å². The van der Waals surface area contributed by atoms with Crippen LogP contribution in [0.5, 0.6) is 0 Å². The third kappa shape index (κ3) is 4.99. The Bertz CT molecular complexity index is 978. The topological polar surface area (TPSA) is 66.5 Å². The summed E-state index contributed by atoms with van der Waals surface area (Å²) in [6, 6.07) is 12.4. The highest BCUT2D eigenvalue weighted by molar-refractivity contribution is 7.99. The lowest BCUT2D eigenvalue weighted by Crippen LogP contribution is -2.25. The molecule has 2 aromatic carbocycles. The standard InChI is InChI=1S/C18H17F3N2O3S2/c19-18(20,21)12-27-16-8-2-1-7-15(16)22-17(24)13-5-3-6-14(11-13)23-9-4-10-28(23,25)26/h1-3,5-8,11H,4,9-10,12H2,(H,22,24). The Morgan fingerprint density at radius 1 is 1.14 bits per heavy atom. The molecule has 0 radical (unpaired) electrons. The molecule has 1 aliphatic rings. The minimum atomic E-state index is -4.32. The molecule has 1 N–H and O–H groups in total. The number of nitrogens with zero attached hydrogens (tertiary/aromatic N) is 1. The molecule has 1 saturated heterocycles. The van der Waals surface area contributed by atoms with Gasteiger partial charge in [-0.15, -0.1) is 11.8 Å². The van der Waals surface area contributed by atoms with Gasteiger partial charge in [0.1, 0.15) is 0 Å². The number of amides is 1. The van der Waals surface area contributed by atoms with Gasteiger partial charge in [-0.05, 0) is 36.8 Å². The summed E-state index contributed by atoms with van der Waals surface area (Å²) in [5.74, 6) is -1.53. The van der Waals surface area contributed by atoms with Crippen molar-refractivity contribution in [3.63, 3.8) is 0 Å². The van der Waals surface area contributed by atoms with Crippen molar-refractivity contribution < 1.29 is 26.4 Å². The number of halogens is 3. The molecule has 1 heterocycles. The van der Waals surface area contributed by atoms with Crippen molar-refractivity contribution in [1.29, 1.82) is 0 Å². The number of sulfonamides is 1. The molecule has 0 saturated carbocycles. The maximum atomic E-state index is 12.6. The second-order valence-electron chi connectivity index (χ2n) is 6.15. The Morgan fingerprint density at radius 3 is 2.57 bits per heavy atom. The van der Waals surface area contributed by atoms with E-state index in [1.165, 1.54) is 28.6 Å². The lowest BCUT2D eigenvalue weighted by Gasteiger charge is -2.18. The van der Waals surface area contributed by atoms with Crippen LogP contribution in [-0.4, -0.2) is 38.6 Å². The summed E-state index contributed by atoms with van der Waals surface area (Å²) < 4.78 is 62.9. The van der Waals surface area contributed by atoms with Crippen LogP contribution in [0.1, 0.15) is 16.8 Å². The van der Waals surface area contributed by atoms with E-state index < -0.39 is 27.9 Å². The molecule has 5 nitrogen and oxygen atoms in total. The fourth-order valence-corrected chi connectivity index (χ4v) is 5.11. The van der Waals surface area contributed by atoms with E-state index in [4.69, 9.17) is 0 Å². The molecular weight excluding hydrogens is 413 g/mol. The predicted octanol–water partition coefficient (Wildman–Crippen LogP) is 4.13. The van der Waals surface area contributed by atoms with Crippen molar-refractivity contribution in [3.8, 4) is 0 Å². The molecule has 2 aromatic rings. The van der Waals surface area contributed by atoms with Crippen LogP contribution >= 0.6 is 11.8 Å². The minimum absolute atomic E-state index is 0.0627. The van der Waals surface area contributed by atoms with E-state index >= 15 is 0 Å². The largest absolute Gasteiger partial charge is 0.398 e. The monoisotopic (exact) mass is 430 g/mol. The Balaban J connectivity index is 1.78. The maximum Gasteiger partial charge on any atom is 0.398 e. The number of para-hydroxylation sites is 1. The van der Waals surface area contributed by atoms with E-state index in [1.807, 2.05) is 0 Å². The second kappa shape index (κ2) is 8.04. The van der Waals surface area contributed by atoms with Crippen molar-refractivity contribution >= 4 is 39.1 Å². The van der Waals surface area contributed by atoms with Gasteiger partial charge in [0.2, 0.25) is 10.0 Å². The van der Waals surface area contributed by atoms with Gasteiger partial charge < -0.3 is 5.32 Å². The summed E-state index contributed by atoms with van der Waals surface area (Å²) >= 11 is 0.587. The lowest BCUT2D eigenvalue weighted by atomic mass is 10.1. The smallest absolute Gasteiger partial charge is 0.321 e. The van der Waals surface area contributed by atoms with Gasteiger partial charge in [-0.3, -0.25) is 9.10 Å². The first-order chi connectivity index (χ1) is 13.2. The lowest BCUT2D eigenvalue weighted by molar-refractivity contribution is -0.105. The zero-order chi connectivity index (χ0) is 20.4. The summed E-state index contributed by atoms with van der Waals surface area (Å²) in [6.45, 7) is 0.352. The number of hydrogen-bond donors (Lipinski definition) is 1. The van der Waals surface area contributed by atoms with Gasteiger partial charge in [-0.1, -0.05) is 18.2 Å². The number of nitrogens with one attached hydrogen (secondary N) is 1. The Kier molecular flexibility index (Phi) is 5.90. The van der Waals surface area contributed by atoms with Crippen LogP contribution in [0.3, 0.4) is 0 Å². The van der Waals surface area contributed by atoms with Gasteiger partial charge in [-0.2, -0.15) is 13.2 Å². The van der Waals surface area contributed by atoms with Gasteiger partial charge in [0.25, 0.3) is 5.91 Å². The third-order valence-corrected chi connectivity index (χ3v) is 7.03. The van der Waals surface area contributed by atoms with Gasteiger partial charge in [0.15, 0.2) is 0 Å². The first-order valence-corrected chi connectivity index (χ1v) is 11.0. The molecule has 1 fully saturated rings. The zero-order valence-corrected chi connectivity index (χ0v) is 16.2. The summed E-state index contributed by atoms with van der Waals surface area (Å²) in [7, 11) is -3.38. The molecule has 0 aromatic heterocycles. The van der Waals surface area contributed by atoms with Crippen molar-refractivity contribution in [2.24, 2.45) is 0 Å². The highest BCUT2D eigenvalue weighted by atomic mass is 32.2. The number of rotatable bonds is 5. The summed E-state index contributed by atoms with van der Waals surface area (Å²) in [5, 5.41) is 2.61.